The van der Waals surface area contributed by atoms with Crippen LogP contribution in [0.3, 0.4) is 0 Å². The molecule has 1 radical (unpaired) electrons. The fourth-order valence-corrected chi connectivity index (χ4v) is 0. The van der Waals surface area contributed by atoms with Crippen LogP contribution in [0.25, 0.3) is 0 Å². The Morgan fingerprint density at radius 2 is 0.952 bits per heavy atom. The van der Waals surface area contributed by atoms with Crippen molar-refractivity contribution in [1.29, 1.82) is 10.5 Å². The normalized spacial score (nSPS) is 11.2. The average Bonchev–Trinajstić information content (AvgIpc) is 2.14. The monoisotopic (exact) mass is 379 g/mol. The molecule has 1 N–H and O–H groups in total. The van der Waals surface area contributed by atoms with Gasteiger partial charge < -0.3 is 0 Å². The van der Waals surface area contributed by atoms with E-state index in [9.17, 15) is 13.2 Å². The number of rotatable bonds is 0. The van der Waals surface area contributed by atoms with E-state index in [2.05, 4.69) is 12.1 Å². The maximum atomic E-state index is 10.7. The molecule has 0 amide bonds. The van der Waals surface area contributed by atoms with Crippen LogP contribution in [0.2, 0.25) is 0 Å². The zero-order valence-electron chi connectivity index (χ0n) is 12.5. The molecule has 5 nitrogen and oxygen atoms in total. The summed E-state index contributed by atoms with van der Waals surface area (Å²) in [5.41, 5.74) is -5.84. The van der Waals surface area contributed by atoms with Gasteiger partial charge in [0.15, 0.2) is 0 Å². The second kappa shape index (κ2) is 10.0. The summed E-state index contributed by atoms with van der Waals surface area (Å²) < 4.78 is 57.5. The SMILES string of the molecule is CC(C)(C)C#N.CC(C)(C)C#N.O=S(=O)(O)C(F)(F)F.[Cu]. The summed E-state index contributed by atoms with van der Waals surface area (Å²) in [6, 6.07) is 4.21. The van der Waals surface area contributed by atoms with E-state index in [1.807, 2.05) is 41.5 Å². The van der Waals surface area contributed by atoms with E-state index in [4.69, 9.17) is 23.5 Å². The van der Waals surface area contributed by atoms with Crippen molar-refractivity contribution in [3.05, 3.63) is 0 Å². The Morgan fingerprint density at radius 3 is 0.952 bits per heavy atom. The Kier molecular flexibility index (Phi) is 13.5. The molecule has 0 saturated heterocycles. The van der Waals surface area contributed by atoms with Crippen LogP contribution >= 0.6 is 0 Å². The van der Waals surface area contributed by atoms with E-state index >= 15 is 0 Å². The van der Waals surface area contributed by atoms with Gasteiger partial charge in [-0.15, -0.1) is 0 Å². The summed E-state index contributed by atoms with van der Waals surface area (Å²) >= 11 is 0. The van der Waals surface area contributed by atoms with Crippen molar-refractivity contribution in [2.24, 2.45) is 10.8 Å². The average molecular weight is 380 g/mol. The molecule has 21 heavy (non-hydrogen) atoms. The summed E-state index contributed by atoms with van der Waals surface area (Å²) in [6.45, 7) is 11.3. The zero-order chi connectivity index (χ0) is 17.4. The molecular formula is C11H19CuF3N2O3S. The van der Waals surface area contributed by atoms with Crippen molar-refractivity contribution in [2.75, 3.05) is 0 Å². The van der Waals surface area contributed by atoms with Gasteiger partial charge in [-0.05, 0) is 41.5 Å². The van der Waals surface area contributed by atoms with E-state index in [0.717, 1.165) is 0 Å². The van der Waals surface area contributed by atoms with Crippen molar-refractivity contribution in [2.45, 2.75) is 47.1 Å². The third kappa shape index (κ3) is 28.2. The van der Waals surface area contributed by atoms with Crippen LogP contribution in [-0.4, -0.2) is 18.5 Å². The molecule has 0 aromatic heterocycles. The van der Waals surface area contributed by atoms with Gasteiger partial charge in [0.05, 0.1) is 12.1 Å². The summed E-state index contributed by atoms with van der Waals surface area (Å²) in [6.07, 6.45) is 0. The van der Waals surface area contributed by atoms with Crippen molar-refractivity contribution in [3.8, 4) is 12.1 Å². The first-order valence-corrected chi connectivity index (χ1v) is 6.67. The number of hydrogen-bond acceptors (Lipinski definition) is 4. The molecular weight excluding hydrogens is 361 g/mol. The molecule has 0 aliphatic heterocycles. The molecule has 0 saturated carbocycles. The Morgan fingerprint density at radius 1 is 0.857 bits per heavy atom. The van der Waals surface area contributed by atoms with Gasteiger partial charge in [0.25, 0.3) is 0 Å². The minimum absolute atomic E-state index is 0. The fourth-order valence-electron chi connectivity index (χ4n) is 0. The van der Waals surface area contributed by atoms with Crippen LogP contribution in [-0.2, 0) is 27.2 Å². The largest absolute Gasteiger partial charge is 0.522 e. The summed E-state index contributed by atoms with van der Waals surface area (Å²) in [7, 11) is -5.84. The Balaban J connectivity index is -0.000000102. The second-order valence-corrected chi connectivity index (χ2v) is 7.06. The summed E-state index contributed by atoms with van der Waals surface area (Å²) in [5.74, 6) is 0. The standard InChI is InChI=1S/2C5H9N.CHF3O3S.Cu/c2*1-5(2,3)4-6;2-1(3,4)8(5,6)7;/h2*1-3H3;(H,5,6,7);. The van der Waals surface area contributed by atoms with Gasteiger partial charge in [-0.25, -0.2) is 0 Å². The first kappa shape index (κ1) is 28.4. The number of alkyl halides is 3. The molecule has 0 aromatic rings. The molecule has 0 bridgehead atoms. The number of nitriles is 2. The first-order chi connectivity index (χ1) is 8.37. The molecule has 129 valence electrons. The van der Waals surface area contributed by atoms with Gasteiger partial charge in [0.1, 0.15) is 0 Å². The van der Waals surface area contributed by atoms with Crippen LogP contribution in [0.4, 0.5) is 13.2 Å². The zero-order valence-corrected chi connectivity index (χ0v) is 14.3. The quantitative estimate of drug-likeness (QED) is 0.394. The Bertz CT molecular complexity index is 439. The van der Waals surface area contributed by atoms with Gasteiger partial charge in [-0.3, -0.25) is 4.55 Å². The molecule has 0 aliphatic rings. The van der Waals surface area contributed by atoms with Gasteiger partial charge in [-0.1, -0.05) is 0 Å². The molecule has 0 aliphatic carbocycles. The smallest absolute Gasteiger partial charge is 0.279 e. The number of hydrogen-bond donors (Lipinski definition) is 1. The van der Waals surface area contributed by atoms with E-state index in [0.29, 0.717) is 0 Å². The minimum atomic E-state index is -5.84. The topological polar surface area (TPSA) is 102 Å². The van der Waals surface area contributed by atoms with Crippen molar-refractivity contribution in [1.82, 2.24) is 0 Å². The van der Waals surface area contributed by atoms with Gasteiger partial charge in [0.2, 0.25) is 0 Å². The first-order valence-electron chi connectivity index (χ1n) is 5.23. The van der Waals surface area contributed by atoms with Crippen LogP contribution in [0, 0.1) is 33.5 Å². The predicted octanol–water partition coefficient (Wildman–Crippen LogP) is 3.50. The van der Waals surface area contributed by atoms with Gasteiger partial charge >= 0.3 is 15.6 Å². The van der Waals surface area contributed by atoms with Crippen LogP contribution < -0.4 is 0 Å². The minimum Gasteiger partial charge on any atom is -0.279 e. The molecule has 0 rings (SSSR count). The van der Waals surface area contributed by atoms with E-state index in [-0.39, 0.29) is 27.9 Å². The summed E-state index contributed by atoms with van der Waals surface area (Å²) in [5, 5.41) is 16.3. The fraction of sp³-hybridized carbons (Fsp3) is 0.818. The Labute approximate surface area is 134 Å². The molecule has 0 unspecified atom stereocenters. The number of halogens is 3. The van der Waals surface area contributed by atoms with Gasteiger partial charge in [-0.2, -0.15) is 32.1 Å². The van der Waals surface area contributed by atoms with Crippen LogP contribution in [0.5, 0.6) is 0 Å². The van der Waals surface area contributed by atoms with E-state index < -0.39 is 15.6 Å². The van der Waals surface area contributed by atoms with Gasteiger partial charge in [0, 0.05) is 27.9 Å². The second-order valence-electron chi connectivity index (χ2n) is 5.64. The molecule has 0 atom stereocenters. The molecule has 10 heteroatoms. The van der Waals surface area contributed by atoms with Crippen LogP contribution in [0.1, 0.15) is 41.5 Å². The molecule has 0 fully saturated rings. The van der Waals surface area contributed by atoms with Crippen molar-refractivity contribution in [3.63, 3.8) is 0 Å². The predicted molar refractivity (Wildman–Crippen MR) is 67.7 cm³/mol. The summed E-state index contributed by atoms with van der Waals surface area (Å²) in [4.78, 5) is 0. The third-order valence-electron chi connectivity index (χ3n) is 0.963. The van der Waals surface area contributed by atoms with E-state index in [1.54, 1.807) is 0 Å². The maximum Gasteiger partial charge on any atom is 0.522 e. The maximum absolute atomic E-state index is 10.7. The Hall–Kier alpha value is -0.801. The van der Waals surface area contributed by atoms with Crippen molar-refractivity contribution >= 4 is 10.1 Å². The van der Waals surface area contributed by atoms with Crippen LogP contribution in [0.15, 0.2) is 0 Å². The third-order valence-corrected chi connectivity index (χ3v) is 1.55. The van der Waals surface area contributed by atoms with Crippen molar-refractivity contribution < 1.29 is 43.2 Å². The molecule has 0 spiro atoms. The molecule has 0 heterocycles. The molecule has 0 aromatic carbocycles. The van der Waals surface area contributed by atoms with E-state index in [1.165, 1.54) is 0 Å². The number of nitrogens with zero attached hydrogens (tertiary/aromatic N) is 2.